The Labute approximate surface area is 128 Å². The van der Waals surface area contributed by atoms with E-state index in [4.69, 9.17) is 15.1 Å². The normalized spacial score (nSPS) is 12.9. The van der Waals surface area contributed by atoms with Gasteiger partial charge in [0.25, 0.3) is 0 Å². The molecule has 6 nitrogen and oxygen atoms in total. The van der Waals surface area contributed by atoms with Crippen molar-refractivity contribution in [2.75, 3.05) is 6.61 Å². The first-order chi connectivity index (χ1) is 10.5. The van der Waals surface area contributed by atoms with Gasteiger partial charge in [0.05, 0.1) is 18.4 Å². The van der Waals surface area contributed by atoms with Gasteiger partial charge in [0.15, 0.2) is 5.78 Å². The van der Waals surface area contributed by atoms with Crippen molar-refractivity contribution >= 4 is 16.8 Å². The molecule has 0 aliphatic rings. The molecule has 0 radical (unpaired) electrons. The number of ketones is 1. The number of H-pyrrole nitrogens is 1. The Morgan fingerprint density at radius 3 is 3.05 bits per heavy atom. The van der Waals surface area contributed by atoms with E-state index in [9.17, 15) is 4.79 Å². The van der Waals surface area contributed by atoms with Crippen molar-refractivity contribution in [2.24, 2.45) is 0 Å². The van der Waals surface area contributed by atoms with Crippen LogP contribution in [0.3, 0.4) is 0 Å². The summed E-state index contributed by atoms with van der Waals surface area (Å²) in [6.45, 7) is 3.05. The molecule has 0 bridgehead atoms. The van der Waals surface area contributed by atoms with E-state index in [0.29, 0.717) is 17.8 Å². The van der Waals surface area contributed by atoms with Gasteiger partial charge in [-0.05, 0) is 31.9 Å². The van der Waals surface area contributed by atoms with Gasteiger partial charge in [-0.1, -0.05) is 6.08 Å². The van der Waals surface area contributed by atoms with E-state index in [2.05, 4.69) is 9.97 Å². The third-order valence-corrected chi connectivity index (χ3v) is 3.21. The first-order valence-corrected chi connectivity index (χ1v) is 6.90. The number of pyridine rings is 1. The Morgan fingerprint density at radius 1 is 1.64 bits per heavy atom. The van der Waals surface area contributed by atoms with E-state index < -0.39 is 0 Å². The number of nitriles is 1. The third-order valence-electron chi connectivity index (χ3n) is 3.21. The fraction of sp³-hybridized carbons (Fsp3) is 0.312. The summed E-state index contributed by atoms with van der Waals surface area (Å²) >= 11 is 0. The highest BCUT2D eigenvalue weighted by Crippen LogP contribution is 2.23. The fourth-order valence-corrected chi connectivity index (χ4v) is 2.02. The molecule has 0 spiro atoms. The highest BCUT2D eigenvalue weighted by molar-refractivity contribution is 5.97. The Bertz CT molecular complexity index is 756. The van der Waals surface area contributed by atoms with Crippen molar-refractivity contribution < 1.29 is 14.6 Å². The number of rotatable bonds is 6. The molecule has 2 N–H and O–H groups in total. The number of ether oxygens (including phenoxy) is 1. The van der Waals surface area contributed by atoms with Crippen molar-refractivity contribution in [3.05, 3.63) is 35.7 Å². The maximum atomic E-state index is 11.3. The van der Waals surface area contributed by atoms with Crippen LogP contribution in [0.1, 0.15) is 19.4 Å². The van der Waals surface area contributed by atoms with Gasteiger partial charge >= 0.3 is 0 Å². The SMILES string of the molecule is CC(=O)C(C#N)=CCc1c[nH]c2ncc(OC(C)CO)cc12. The number of allylic oxidation sites excluding steroid dienone is 2. The fourth-order valence-electron chi connectivity index (χ4n) is 2.02. The number of fused-ring (bicyclic) bond motifs is 1. The number of nitrogens with one attached hydrogen (secondary N) is 1. The molecule has 0 aromatic carbocycles. The maximum Gasteiger partial charge on any atom is 0.169 e. The number of hydrogen-bond donors (Lipinski definition) is 2. The zero-order valence-corrected chi connectivity index (χ0v) is 12.5. The van der Waals surface area contributed by atoms with Crippen molar-refractivity contribution in [2.45, 2.75) is 26.4 Å². The van der Waals surface area contributed by atoms with Crippen LogP contribution >= 0.6 is 0 Å². The highest BCUT2D eigenvalue weighted by atomic mass is 16.5. The molecular weight excluding hydrogens is 282 g/mol. The van der Waals surface area contributed by atoms with Gasteiger partial charge in [-0.2, -0.15) is 5.26 Å². The molecule has 0 saturated heterocycles. The molecule has 1 unspecified atom stereocenters. The lowest BCUT2D eigenvalue weighted by atomic mass is 10.1. The summed E-state index contributed by atoms with van der Waals surface area (Å²) in [6, 6.07) is 3.72. The minimum Gasteiger partial charge on any atom is -0.487 e. The molecule has 2 aromatic heterocycles. The molecule has 0 amide bonds. The molecule has 2 heterocycles. The lowest BCUT2D eigenvalue weighted by Crippen LogP contribution is -2.16. The number of hydrogen-bond acceptors (Lipinski definition) is 5. The minimum absolute atomic E-state index is 0.0785. The van der Waals surface area contributed by atoms with Crippen molar-refractivity contribution in [1.29, 1.82) is 5.26 Å². The van der Waals surface area contributed by atoms with E-state index >= 15 is 0 Å². The molecule has 0 aliphatic carbocycles. The smallest absolute Gasteiger partial charge is 0.169 e. The number of nitrogens with zero attached hydrogens (tertiary/aromatic N) is 2. The predicted molar refractivity (Wildman–Crippen MR) is 81.4 cm³/mol. The lowest BCUT2D eigenvalue weighted by Gasteiger charge is -2.11. The molecule has 6 heteroatoms. The van der Waals surface area contributed by atoms with E-state index in [1.165, 1.54) is 6.92 Å². The number of carbonyl (C=O) groups excluding carboxylic acids is 1. The summed E-state index contributed by atoms with van der Waals surface area (Å²) in [6.07, 6.45) is 5.12. The van der Waals surface area contributed by atoms with Crippen LogP contribution in [0.5, 0.6) is 5.75 Å². The summed E-state index contributed by atoms with van der Waals surface area (Å²) in [4.78, 5) is 18.5. The van der Waals surface area contributed by atoms with Gasteiger partial charge in [-0.25, -0.2) is 4.98 Å². The van der Waals surface area contributed by atoms with Crippen LogP contribution in [0.15, 0.2) is 30.1 Å². The number of Topliss-reactive ketones (excluding diaryl/α,β-unsaturated/α-hetero) is 1. The highest BCUT2D eigenvalue weighted by Gasteiger charge is 2.09. The summed E-state index contributed by atoms with van der Waals surface area (Å²) in [7, 11) is 0. The Kier molecular flexibility index (Phi) is 4.92. The topological polar surface area (TPSA) is 99.0 Å². The monoisotopic (exact) mass is 299 g/mol. The first-order valence-electron chi connectivity index (χ1n) is 6.90. The molecule has 0 fully saturated rings. The molecule has 2 rings (SSSR count). The molecule has 22 heavy (non-hydrogen) atoms. The summed E-state index contributed by atoms with van der Waals surface area (Å²) in [5.74, 6) is 0.312. The Hall–Kier alpha value is -2.65. The van der Waals surface area contributed by atoms with Crippen molar-refractivity contribution in [1.82, 2.24) is 9.97 Å². The zero-order chi connectivity index (χ0) is 16.1. The summed E-state index contributed by atoms with van der Waals surface area (Å²) < 4.78 is 5.53. The van der Waals surface area contributed by atoms with Crippen molar-refractivity contribution in [3.8, 4) is 11.8 Å². The number of aromatic nitrogens is 2. The van der Waals surface area contributed by atoms with Crippen LogP contribution in [0.25, 0.3) is 11.0 Å². The van der Waals surface area contributed by atoms with Gasteiger partial charge in [0, 0.05) is 11.6 Å². The van der Waals surface area contributed by atoms with Crippen LogP contribution in [-0.4, -0.2) is 33.6 Å². The summed E-state index contributed by atoms with van der Waals surface area (Å²) in [5.41, 5.74) is 1.76. The number of carbonyl (C=O) groups is 1. The minimum atomic E-state index is -0.315. The third kappa shape index (κ3) is 3.51. The maximum absolute atomic E-state index is 11.3. The molecule has 114 valence electrons. The second-order valence-electron chi connectivity index (χ2n) is 4.98. The second-order valence-corrected chi connectivity index (χ2v) is 4.98. The van der Waals surface area contributed by atoms with Crippen LogP contribution in [0, 0.1) is 11.3 Å². The lowest BCUT2D eigenvalue weighted by molar-refractivity contribution is -0.113. The predicted octanol–water partition coefficient (Wildman–Crippen LogP) is 1.90. The average Bonchev–Trinajstić information content (AvgIpc) is 2.90. The quantitative estimate of drug-likeness (QED) is 0.627. The van der Waals surface area contributed by atoms with Gasteiger partial charge in [-0.3, -0.25) is 4.79 Å². The van der Waals surface area contributed by atoms with E-state index in [1.807, 2.05) is 12.1 Å². The van der Waals surface area contributed by atoms with E-state index in [-0.39, 0.29) is 24.1 Å². The van der Waals surface area contributed by atoms with Crippen LogP contribution in [0.2, 0.25) is 0 Å². The van der Waals surface area contributed by atoms with E-state index in [0.717, 1.165) is 10.9 Å². The zero-order valence-electron chi connectivity index (χ0n) is 12.5. The van der Waals surface area contributed by atoms with Gasteiger partial charge in [0.2, 0.25) is 0 Å². The van der Waals surface area contributed by atoms with Gasteiger partial charge < -0.3 is 14.8 Å². The van der Waals surface area contributed by atoms with Crippen LogP contribution < -0.4 is 4.74 Å². The Morgan fingerprint density at radius 2 is 2.41 bits per heavy atom. The van der Waals surface area contributed by atoms with Crippen LogP contribution in [0.4, 0.5) is 0 Å². The molecule has 2 aromatic rings. The molecular formula is C16H17N3O3. The largest absolute Gasteiger partial charge is 0.487 e. The van der Waals surface area contributed by atoms with Crippen molar-refractivity contribution in [3.63, 3.8) is 0 Å². The first kappa shape index (κ1) is 15.7. The Balaban J connectivity index is 2.29. The molecule has 0 aliphatic heterocycles. The van der Waals surface area contributed by atoms with Gasteiger partial charge in [-0.15, -0.1) is 0 Å². The van der Waals surface area contributed by atoms with Crippen LogP contribution in [-0.2, 0) is 11.2 Å². The van der Waals surface area contributed by atoms with Gasteiger partial charge in [0.1, 0.15) is 23.6 Å². The number of aliphatic hydroxyl groups excluding tert-OH is 1. The summed E-state index contributed by atoms with van der Waals surface area (Å²) in [5, 5.41) is 18.8. The standard InChI is InChI=1S/C16H17N3O3/c1-10(9-20)22-14-5-15-13(7-18-16(15)19-8-14)4-3-12(6-17)11(2)21/h3,5,7-8,10,20H,4,9H2,1-2H3,(H,18,19). The number of aromatic amines is 1. The molecule has 0 saturated carbocycles. The number of aliphatic hydroxyl groups is 1. The van der Waals surface area contributed by atoms with E-state index in [1.54, 1.807) is 25.4 Å². The molecule has 1 atom stereocenters. The average molecular weight is 299 g/mol. The second kappa shape index (κ2) is 6.87.